The number of nitrogens with zero attached hydrogens (tertiary/aromatic N) is 1. The van der Waals surface area contributed by atoms with Gasteiger partial charge in [0.15, 0.2) is 6.04 Å². The van der Waals surface area contributed by atoms with E-state index < -0.39 is 174 Å². The summed E-state index contributed by atoms with van der Waals surface area (Å²) >= 11 is 0. The molecule has 9 aromatic rings. The lowest BCUT2D eigenvalue weighted by atomic mass is 9.77. The summed E-state index contributed by atoms with van der Waals surface area (Å²) in [5, 5.41) is 37.5. The molecule has 0 saturated carbocycles. The number of hydrogen-bond donors (Lipinski definition) is 11. The number of carboxylic acids is 1. The molecule has 0 spiro atoms. The van der Waals surface area contributed by atoms with Crippen molar-refractivity contribution in [3.8, 4) is 0 Å². The molecule has 25 heteroatoms. The number of para-hydroxylation sites is 1. The van der Waals surface area contributed by atoms with Crippen molar-refractivity contribution >= 4 is 76.1 Å². The number of benzene rings is 8. The van der Waals surface area contributed by atoms with Crippen LogP contribution in [0, 0.1) is 17.8 Å². The van der Waals surface area contributed by atoms with Crippen LogP contribution in [-0.2, 0) is 81.3 Å². The van der Waals surface area contributed by atoms with Crippen LogP contribution < -0.4 is 53.6 Å². The number of carboxylic acid groups (broad SMARTS) is 1. The van der Waals surface area contributed by atoms with Crippen LogP contribution in [0.2, 0.25) is 0 Å². The van der Waals surface area contributed by atoms with E-state index in [-0.39, 0.29) is 37.5 Å². The second-order valence-electron chi connectivity index (χ2n) is 34.6. The van der Waals surface area contributed by atoms with Gasteiger partial charge in [-0.15, -0.1) is 0 Å². The average Bonchev–Trinajstić information content (AvgIpc) is 1.06. The summed E-state index contributed by atoms with van der Waals surface area (Å²) in [6.07, 6.45) is -2.07. The topological polar surface area (TPSA) is 366 Å². The third-order valence-electron chi connectivity index (χ3n) is 21.6. The highest BCUT2D eigenvalue weighted by atomic mass is 16.6. The molecule has 0 aliphatic rings. The van der Waals surface area contributed by atoms with E-state index >= 15 is 28.8 Å². The normalized spacial score (nSPS) is 14.3. The summed E-state index contributed by atoms with van der Waals surface area (Å²) in [7, 11) is 0. The summed E-state index contributed by atoms with van der Waals surface area (Å²) < 4.78 is 13.2. The van der Waals surface area contributed by atoms with Crippen LogP contribution in [0.5, 0.6) is 0 Å². The van der Waals surface area contributed by atoms with Gasteiger partial charge in [-0.3, -0.25) is 47.7 Å². The van der Waals surface area contributed by atoms with Gasteiger partial charge in [0.1, 0.15) is 52.9 Å². The monoisotopic (exact) mass is 1690 g/mol. The molecule has 8 aromatic carbocycles. The largest absolute Gasteiger partial charge is 0.480 e. The number of amides is 9. The van der Waals surface area contributed by atoms with E-state index in [4.69, 9.17) is 15.2 Å². The molecule has 0 fully saturated rings. The lowest BCUT2D eigenvalue weighted by Crippen LogP contribution is -2.61. The Kier molecular flexibility index (Phi) is 33.7. The third-order valence-corrected chi connectivity index (χ3v) is 21.6. The molecule has 10 atom stereocenters. The number of carbonyl (C=O) groups is 11. The van der Waals surface area contributed by atoms with Crippen LogP contribution in [0.4, 0.5) is 4.79 Å². The van der Waals surface area contributed by atoms with Gasteiger partial charge in [0.2, 0.25) is 53.2 Å². The molecule has 0 unspecified atom stereocenters. The summed E-state index contributed by atoms with van der Waals surface area (Å²) in [4.78, 5) is 165. The van der Waals surface area contributed by atoms with Crippen LogP contribution in [0.15, 0.2) is 243 Å². The number of fused-ring (bicyclic) bond motifs is 1. The number of hydrogen-bond acceptors (Lipinski definition) is 14. The molecule has 0 aliphatic carbocycles. The number of ether oxygens (including phenoxy) is 2. The van der Waals surface area contributed by atoms with Crippen molar-refractivity contribution in [2.24, 2.45) is 23.5 Å². The van der Waals surface area contributed by atoms with E-state index in [0.717, 1.165) is 5.56 Å². The van der Waals surface area contributed by atoms with Crippen LogP contribution >= 0.6 is 0 Å². The van der Waals surface area contributed by atoms with Crippen molar-refractivity contribution in [2.75, 3.05) is 0 Å². The van der Waals surface area contributed by atoms with Crippen molar-refractivity contribution < 1.29 is 67.3 Å². The predicted octanol–water partition coefficient (Wildman–Crippen LogP) is 12.1. The number of nitrogens with one attached hydrogen (secondary N) is 9. The fourth-order valence-electron chi connectivity index (χ4n) is 15.4. The first kappa shape index (κ1) is 95.2. The van der Waals surface area contributed by atoms with Gasteiger partial charge in [0.05, 0.1) is 23.3 Å². The highest BCUT2D eigenvalue weighted by Gasteiger charge is 2.43. The molecule has 0 aliphatic heterocycles. The minimum atomic E-state index is -1.69. The SMILES string of the molecule is CC[C@H](C)[C@H](NC(=O)[C@@H](N)Cc1ccccc1)C(=O)N[C@@H](CCC(=O)NC(c1ccccc1)(c1ccccc1)c1ccccc1)C(=O)N[C@@H](Cc1cn(C(=O)OC(C)(C)C)c2ccccc12)C(=O)N[C@@H](CC(C)C)C(=O)N[C@@H](CC(C)C)C(=O)N[C@@H](CCC(=O)NC(c1ccccc1)(c1ccccc1)c1ccccc1)C(=O)N[C@H](C(=O)O)[C@@H](C)OC(C)(C)C. The third kappa shape index (κ3) is 26.0. The van der Waals surface area contributed by atoms with E-state index in [1.807, 2.05) is 219 Å². The number of aliphatic carboxylic acids is 1. The van der Waals surface area contributed by atoms with E-state index in [9.17, 15) is 29.1 Å². The summed E-state index contributed by atoms with van der Waals surface area (Å²) in [6.45, 7) is 22.6. The van der Waals surface area contributed by atoms with E-state index in [1.54, 1.807) is 100 Å². The Balaban J connectivity index is 1.08. The Morgan fingerprint density at radius 2 is 0.734 bits per heavy atom. The molecular weight excluding hydrogens is 1570 g/mol. The lowest BCUT2D eigenvalue weighted by Gasteiger charge is -2.37. The fraction of sp³-hybridized carbons (Fsp3) is 0.384. The van der Waals surface area contributed by atoms with Gasteiger partial charge in [-0.1, -0.05) is 278 Å². The van der Waals surface area contributed by atoms with Crippen LogP contribution in [-0.4, -0.2) is 141 Å². The van der Waals surface area contributed by atoms with Gasteiger partial charge in [0.25, 0.3) is 0 Å². The molecule has 9 amide bonds. The molecule has 25 nitrogen and oxygen atoms in total. The maximum absolute atomic E-state index is 16.0. The van der Waals surface area contributed by atoms with Gasteiger partial charge >= 0.3 is 12.1 Å². The zero-order valence-corrected chi connectivity index (χ0v) is 73.2. The molecule has 124 heavy (non-hydrogen) atoms. The Morgan fingerprint density at radius 1 is 0.395 bits per heavy atom. The Morgan fingerprint density at radius 3 is 1.11 bits per heavy atom. The summed E-state index contributed by atoms with van der Waals surface area (Å²) in [5.74, 6) is -9.96. The first-order valence-electron chi connectivity index (χ1n) is 42.6. The second-order valence-corrected chi connectivity index (χ2v) is 34.6. The highest BCUT2D eigenvalue weighted by molar-refractivity contribution is 5.99. The zero-order valence-electron chi connectivity index (χ0n) is 73.2. The zero-order chi connectivity index (χ0) is 90.1. The summed E-state index contributed by atoms with van der Waals surface area (Å²) in [5.41, 5.74) is 7.83. The number of nitrogens with two attached hydrogens (primary N) is 1. The highest BCUT2D eigenvalue weighted by Crippen LogP contribution is 2.39. The van der Waals surface area contributed by atoms with Crippen LogP contribution in [0.3, 0.4) is 0 Å². The van der Waals surface area contributed by atoms with Crippen molar-refractivity contribution in [1.82, 2.24) is 52.4 Å². The van der Waals surface area contributed by atoms with Crippen LogP contribution in [0.25, 0.3) is 10.9 Å². The maximum atomic E-state index is 16.0. The summed E-state index contributed by atoms with van der Waals surface area (Å²) in [6, 6.07) is 60.0. The quantitative estimate of drug-likeness (QED) is 0.0159. The van der Waals surface area contributed by atoms with E-state index in [1.165, 1.54) is 17.7 Å². The maximum Gasteiger partial charge on any atom is 0.419 e. The molecular formula is C99H121N11O14. The number of aromatic nitrogens is 1. The first-order valence-corrected chi connectivity index (χ1v) is 42.6. The number of carbonyl (C=O) groups excluding carboxylic acids is 10. The molecule has 1 heterocycles. The van der Waals surface area contributed by atoms with Crippen molar-refractivity contribution in [3.05, 3.63) is 287 Å². The molecule has 0 saturated heterocycles. The Hall–Kier alpha value is -12.6. The molecule has 656 valence electrons. The minimum absolute atomic E-state index is 0.0595. The van der Waals surface area contributed by atoms with Gasteiger partial charge in [-0.2, -0.15) is 0 Å². The van der Waals surface area contributed by atoms with Crippen molar-refractivity contribution in [1.29, 1.82) is 0 Å². The molecule has 1 aromatic heterocycles. The molecule has 0 bridgehead atoms. The Bertz CT molecular complexity index is 4870. The molecule has 0 radical (unpaired) electrons. The van der Waals surface area contributed by atoms with Gasteiger partial charge in [0, 0.05) is 30.8 Å². The predicted molar refractivity (Wildman–Crippen MR) is 478 cm³/mol. The lowest BCUT2D eigenvalue weighted by molar-refractivity contribution is -0.150. The molecule has 12 N–H and O–H groups in total. The van der Waals surface area contributed by atoms with Gasteiger partial charge < -0.3 is 68.2 Å². The van der Waals surface area contributed by atoms with Crippen molar-refractivity contribution in [3.63, 3.8) is 0 Å². The van der Waals surface area contributed by atoms with Gasteiger partial charge in [-0.25, -0.2) is 9.59 Å². The minimum Gasteiger partial charge on any atom is -0.480 e. The second kappa shape index (κ2) is 43.9. The standard InChI is InChI=1S/C99H121N11O14/c1-14-65(6)85(106-87(113)76(100)60-67-38-22-15-23-39-67)93(119)102-77(54-56-83(111)108-98(69-40-24-16-25-41-69,70-42-26-17-27-43-70)71-44-28-18-29-45-71)88(114)105-81(61-68-62-110(95(122)124-97(11,12)13)82-53-37-36-52-75(68)82)92(118)104-80(59-64(4)5)91(117)103-79(58-63(2)3)90(116)101-78(89(115)107-86(94(120)121)66(7)123-96(8,9)10)55-57-84(112)109-99(72-46-30-19-31-47-72,73-48-32-20-33-49-73)74-50-34-21-35-51-74/h15-53,62-66,76-81,85-86H,14,54-61,100H2,1-13H3,(H,101,116)(H,102,119)(H,103,117)(H,104,118)(H,105,114)(H,106,113)(H,107,115)(H,108,111)(H,109,112)(H,120,121)/t65-,66+,76-,77-,78-,79-,80-,81-,85-,86-/m0/s1. The van der Waals surface area contributed by atoms with E-state index in [2.05, 4.69) is 47.9 Å². The smallest absolute Gasteiger partial charge is 0.419 e. The first-order chi connectivity index (χ1) is 59.0. The van der Waals surface area contributed by atoms with Gasteiger partial charge in [-0.05, 0) is 149 Å². The van der Waals surface area contributed by atoms with E-state index in [0.29, 0.717) is 56.3 Å². The van der Waals surface area contributed by atoms with Crippen LogP contribution in [0.1, 0.15) is 179 Å². The fourth-order valence-corrected chi connectivity index (χ4v) is 15.4. The number of rotatable bonds is 41. The Labute approximate surface area is 727 Å². The van der Waals surface area contributed by atoms with Crippen molar-refractivity contribution in [2.45, 2.75) is 225 Å². The average molecular weight is 1690 g/mol. The molecule has 9 rings (SSSR count).